The number of aromatic nitrogens is 2. The largest absolute Gasteiger partial charge is 0.495 e. The molecule has 2 aromatic carbocycles. The number of halogens is 1. The Kier molecular flexibility index (Phi) is 8.19. The van der Waals surface area contributed by atoms with Gasteiger partial charge in [0.2, 0.25) is 0 Å². The number of rotatable bonds is 10. The zero-order chi connectivity index (χ0) is 23.1. The van der Waals surface area contributed by atoms with Crippen molar-refractivity contribution in [3.05, 3.63) is 70.5 Å². The first-order valence-electron chi connectivity index (χ1n) is 10.1. The third-order valence-corrected chi connectivity index (χ3v) is 5.40. The first kappa shape index (κ1) is 23.7. The summed E-state index contributed by atoms with van der Waals surface area (Å²) in [6.45, 7) is 3.79. The van der Waals surface area contributed by atoms with E-state index in [2.05, 4.69) is 26.0 Å². The van der Waals surface area contributed by atoms with Gasteiger partial charge in [-0.1, -0.05) is 12.1 Å². The maximum Gasteiger partial charge on any atom is 0.187 e. The van der Waals surface area contributed by atoms with Crippen LogP contribution >= 0.6 is 15.9 Å². The molecule has 1 aromatic heterocycles. The number of nitrogens with zero attached hydrogens (tertiary/aromatic N) is 3. The SMILES string of the molecule is COc1cc(C=NCC(=O)C(OC(C)C)c2ccc(-n3cccn3)cc2)cc(OC)c1Br. The predicted octanol–water partition coefficient (Wildman–Crippen LogP) is 4.81. The lowest BCUT2D eigenvalue weighted by Crippen LogP contribution is -2.22. The molecule has 3 rings (SSSR count). The average molecular weight is 500 g/mol. The number of ether oxygens (including phenoxy) is 3. The number of hydrogen-bond donors (Lipinski definition) is 0. The van der Waals surface area contributed by atoms with Crippen LogP contribution in [0, 0.1) is 0 Å². The number of carbonyl (C=O) groups is 1. The van der Waals surface area contributed by atoms with Gasteiger partial charge in [-0.25, -0.2) is 4.68 Å². The number of aliphatic imine (C=N–C) groups is 1. The summed E-state index contributed by atoms with van der Waals surface area (Å²) in [4.78, 5) is 17.3. The Morgan fingerprint density at radius 3 is 2.34 bits per heavy atom. The molecule has 1 atom stereocenters. The van der Waals surface area contributed by atoms with Crippen LogP contribution in [0.2, 0.25) is 0 Å². The molecule has 168 valence electrons. The number of methoxy groups -OCH3 is 2. The Morgan fingerprint density at radius 2 is 1.81 bits per heavy atom. The summed E-state index contributed by atoms with van der Waals surface area (Å²) in [5.74, 6) is 1.11. The third kappa shape index (κ3) is 5.83. The second kappa shape index (κ2) is 11.1. The van der Waals surface area contributed by atoms with Crippen LogP contribution in [0.3, 0.4) is 0 Å². The fourth-order valence-corrected chi connectivity index (χ4v) is 3.68. The minimum absolute atomic E-state index is 0.0149. The van der Waals surface area contributed by atoms with Crippen LogP contribution in [0.25, 0.3) is 5.69 Å². The van der Waals surface area contributed by atoms with Crippen LogP contribution in [-0.2, 0) is 9.53 Å². The van der Waals surface area contributed by atoms with Crippen molar-refractivity contribution in [3.8, 4) is 17.2 Å². The van der Waals surface area contributed by atoms with Gasteiger partial charge in [0.05, 0.1) is 26.0 Å². The van der Waals surface area contributed by atoms with Crippen molar-refractivity contribution in [2.75, 3.05) is 20.8 Å². The van der Waals surface area contributed by atoms with E-state index in [0.29, 0.717) is 11.5 Å². The molecule has 1 heterocycles. The molecule has 0 N–H and O–H groups in total. The van der Waals surface area contributed by atoms with Gasteiger partial charge in [-0.15, -0.1) is 0 Å². The smallest absolute Gasteiger partial charge is 0.187 e. The van der Waals surface area contributed by atoms with Crippen molar-refractivity contribution < 1.29 is 19.0 Å². The Labute approximate surface area is 196 Å². The molecule has 0 aliphatic rings. The van der Waals surface area contributed by atoms with Crippen molar-refractivity contribution in [1.82, 2.24) is 9.78 Å². The predicted molar refractivity (Wildman–Crippen MR) is 127 cm³/mol. The Morgan fingerprint density at radius 1 is 1.16 bits per heavy atom. The Balaban J connectivity index is 1.75. The van der Waals surface area contributed by atoms with Gasteiger partial charge in [0.25, 0.3) is 0 Å². The van der Waals surface area contributed by atoms with Crippen LogP contribution in [0.1, 0.15) is 31.1 Å². The van der Waals surface area contributed by atoms with Crippen LogP contribution in [0.5, 0.6) is 11.5 Å². The average Bonchev–Trinajstić information content (AvgIpc) is 3.33. The summed E-state index contributed by atoms with van der Waals surface area (Å²) in [5.41, 5.74) is 2.45. The molecular weight excluding hydrogens is 474 g/mol. The van der Waals surface area contributed by atoms with E-state index in [1.807, 2.05) is 62.5 Å². The highest BCUT2D eigenvalue weighted by Crippen LogP contribution is 2.35. The number of ketones is 1. The third-order valence-electron chi connectivity index (χ3n) is 4.62. The van der Waals surface area contributed by atoms with Gasteiger partial charge in [-0.05, 0) is 71.2 Å². The Hall–Kier alpha value is -2.97. The highest BCUT2D eigenvalue weighted by atomic mass is 79.9. The van der Waals surface area contributed by atoms with Gasteiger partial charge in [0.15, 0.2) is 5.78 Å². The van der Waals surface area contributed by atoms with Crippen molar-refractivity contribution in [2.45, 2.75) is 26.1 Å². The molecule has 0 saturated carbocycles. The molecule has 0 saturated heterocycles. The lowest BCUT2D eigenvalue weighted by Gasteiger charge is -2.19. The fraction of sp³-hybridized carbons (Fsp3) is 0.292. The summed E-state index contributed by atoms with van der Waals surface area (Å²) in [5, 5.41) is 4.22. The molecule has 0 aliphatic heterocycles. The van der Waals surface area contributed by atoms with Crippen LogP contribution in [0.15, 0.2) is 64.3 Å². The van der Waals surface area contributed by atoms with E-state index in [9.17, 15) is 4.79 Å². The number of hydrogen-bond acceptors (Lipinski definition) is 6. The van der Waals surface area contributed by atoms with Crippen molar-refractivity contribution >= 4 is 27.9 Å². The quantitative estimate of drug-likeness (QED) is 0.374. The molecule has 0 bridgehead atoms. The van der Waals surface area contributed by atoms with Crippen LogP contribution in [-0.4, -0.2) is 48.6 Å². The van der Waals surface area contributed by atoms with E-state index in [0.717, 1.165) is 21.3 Å². The molecule has 8 heteroatoms. The molecule has 0 radical (unpaired) electrons. The molecule has 32 heavy (non-hydrogen) atoms. The van der Waals surface area contributed by atoms with E-state index in [1.54, 1.807) is 31.3 Å². The molecule has 7 nitrogen and oxygen atoms in total. The van der Waals surface area contributed by atoms with Crippen LogP contribution in [0.4, 0.5) is 0 Å². The maximum atomic E-state index is 13.0. The Bertz CT molecular complexity index is 1040. The van der Waals surface area contributed by atoms with Gasteiger partial charge in [-0.2, -0.15) is 5.10 Å². The van der Waals surface area contributed by atoms with Gasteiger partial charge >= 0.3 is 0 Å². The summed E-state index contributed by atoms with van der Waals surface area (Å²) in [6, 6.07) is 13.1. The van der Waals surface area contributed by atoms with Crippen molar-refractivity contribution in [3.63, 3.8) is 0 Å². The highest BCUT2D eigenvalue weighted by Gasteiger charge is 2.22. The second-order valence-corrected chi connectivity index (χ2v) is 8.08. The van der Waals surface area contributed by atoms with E-state index < -0.39 is 6.10 Å². The first-order chi connectivity index (χ1) is 15.4. The number of carbonyl (C=O) groups excluding carboxylic acids is 1. The number of benzene rings is 2. The maximum absolute atomic E-state index is 13.0. The molecule has 0 aliphatic carbocycles. The highest BCUT2D eigenvalue weighted by molar-refractivity contribution is 9.10. The zero-order valence-electron chi connectivity index (χ0n) is 18.5. The number of Topliss-reactive ketones (excluding diaryl/α,β-unsaturated/α-hetero) is 1. The molecular formula is C24H26BrN3O4. The van der Waals surface area contributed by atoms with Crippen LogP contribution < -0.4 is 9.47 Å². The monoisotopic (exact) mass is 499 g/mol. The summed E-state index contributed by atoms with van der Waals surface area (Å²) >= 11 is 3.44. The van der Waals surface area contributed by atoms with Gasteiger partial charge in [-0.3, -0.25) is 9.79 Å². The zero-order valence-corrected chi connectivity index (χ0v) is 20.1. The second-order valence-electron chi connectivity index (χ2n) is 7.28. The fourth-order valence-electron chi connectivity index (χ4n) is 3.12. The molecule has 0 amide bonds. The summed E-state index contributed by atoms with van der Waals surface area (Å²) in [7, 11) is 3.16. The molecule has 0 spiro atoms. The normalized spacial score (nSPS) is 12.3. The summed E-state index contributed by atoms with van der Waals surface area (Å²) < 4.78 is 19.1. The first-order valence-corrected chi connectivity index (χ1v) is 10.9. The summed E-state index contributed by atoms with van der Waals surface area (Å²) in [6.07, 6.45) is 4.40. The van der Waals surface area contributed by atoms with E-state index >= 15 is 0 Å². The van der Waals surface area contributed by atoms with E-state index in [-0.39, 0.29) is 18.4 Å². The van der Waals surface area contributed by atoms with Gasteiger partial charge < -0.3 is 14.2 Å². The van der Waals surface area contributed by atoms with E-state index in [1.165, 1.54) is 0 Å². The molecule has 0 fully saturated rings. The van der Waals surface area contributed by atoms with Gasteiger partial charge in [0, 0.05) is 18.6 Å². The van der Waals surface area contributed by atoms with Crippen molar-refractivity contribution in [2.24, 2.45) is 4.99 Å². The standard InChI is InChI=1S/C24H26BrN3O4/c1-16(2)32-24(18-6-8-19(9-7-18)28-11-5-10-27-28)20(29)15-26-14-17-12-21(30-3)23(25)22(13-17)31-4/h5-14,16,24H,15H2,1-4H3. The lowest BCUT2D eigenvalue weighted by molar-refractivity contribution is -0.132. The van der Waals surface area contributed by atoms with E-state index in [4.69, 9.17) is 14.2 Å². The van der Waals surface area contributed by atoms with Gasteiger partial charge in [0.1, 0.15) is 28.6 Å². The topological polar surface area (TPSA) is 74.9 Å². The minimum Gasteiger partial charge on any atom is -0.495 e. The minimum atomic E-state index is -0.701. The molecule has 3 aromatic rings. The molecule has 1 unspecified atom stereocenters. The lowest BCUT2D eigenvalue weighted by atomic mass is 10.0. The van der Waals surface area contributed by atoms with Crippen molar-refractivity contribution in [1.29, 1.82) is 0 Å².